The van der Waals surface area contributed by atoms with Gasteiger partial charge in [-0.05, 0) is 42.1 Å². The first-order valence-electron chi connectivity index (χ1n) is 10.8. The van der Waals surface area contributed by atoms with E-state index in [1.165, 1.54) is 20.5 Å². The predicted molar refractivity (Wildman–Crippen MR) is 131 cm³/mol. The van der Waals surface area contributed by atoms with E-state index in [1.54, 1.807) is 29.5 Å². The number of ether oxygens (including phenoxy) is 2. The van der Waals surface area contributed by atoms with Crippen molar-refractivity contribution in [3.63, 3.8) is 0 Å². The molecule has 8 nitrogen and oxygen atoms in total. The molecule has 9 heteroatoms. The molecule has 0 radical (unpaired) electrons. The molecule has 0 atom stereocenters. The number of fused-ring (bicyclic) bond motifs is 2. The van der Waals surface area contributed by atoms with Gasteiger partial charge in [0.25, 0.3) is 5.56 Å². The number of benzene rings is 2. The van der Waals surface area contributed by atoms with Crippen LogP contribution in [0.1, 0.15) is 11.1 Å². The van der Waals surface area contributed by atoms with Crippen LogP contribution in [0, 0.1) is 6.92 Å². The maximum absolute atomic E-state index is 13.5. The van der Waals surface area contributed by atoms with Crippen LogP contribution in [0.5, 0.6) is 11.5 Å². The van der Waals surface area contributed by atoms with Crippen molar-refractivity contribution in [3.05, 3.63) is 85.9 Å². The lowest BCUT2D eigenvalue weighted by molar-refractivity contribution is -0.119. The summed E-state index contributed by atoms with van der Waals surface area (Å²) in [6.07, 6.45) is 0. The molecule has 4 aromatic rings. The van der Waals surface area contributed by atoms with E-state index in [0.29, 0.717) is 46.1 Å². The van der Waals surface area contributed by atoms with Crippen LogP contribution in [0.2, 0.25) is 0 Å². The number of para-hydroxylation sites is 1. The second-order valence-corrected chi connectivity index (χ2v) is 8.99. The molecule has 0 fully saturated rings. The Labute approximate surface area is 199 Å². The van der Waals surface area contributed by atoms with Gasteiger partial charge in [0.1, 0.15) is 29.4 Å². The molecule has 3 heterocycles. The molecule has 1 amide bonds. The quantitative estimate of drug-likeness (QED) is 0.441. The van der Waals surface area contributed by atoms with Crippen LogP contribution in [0.3, 0.4) is 0 Å². The van der Waals surface area contributed by atoms with Gasteiger partial charge >= 0.3 is 5.69 Å². The molecule has 34 heavy (non-hydrogen) atoms. The minimum Gasteiger partial charge on any atom is -0.496 e. The first kappa shape index (κ1) is 22.0. The van der Waals surface area contributed by atoms with Crippen LogP contribution in [-0.2, 0) is 17.9 Å². The summed E-state index contributed by atoms with van der Waals surface area (Å²) >= 11 is 1.26. The molecule has 1 aliphatic heterocycles. The summed E-state index contributed by atoms with van der Waals surface area (Å²) < 4.78 is 14.1. The number of carbonyl (C=O) groups is 1. The summed E-state index contributed by atoms with van der Waals surface area (Å²) in [5.41, 5.74) is 1.95. The average molecular weight is 478 g/mol. The highest BCUT2D eigenvalue weighted by Gasteiger charge is 2.26. The second-order valence-electron chi connectivity index (χ2n) is 8.07. The highest BCUT2D eigenvalue weighted by molar-refractivity contribution is 7.17. The summed E-state index contributed by atoms with van der Waals surface area (Å²) in [5, 5.41) is 1.76. The van der Waals surface area contributed by atoms with Gasteiger partial charge in [-0.3, -0.25) is 18.7 Å². The number of carbonyl (C=O) groups excluding carboxylic acids is 1. The lowest BCUT2D eigenvalue weighted by Crippen LogP contribution is -2.45. The molecule has 2 aromatic heterocycles. The van der Waals surface area contributed by atoms with E-state index in [1.807, 2.05) is 43.3 Å². The van der Waals surface area contributed by atoms with Crippen molar-refractivity contribution in [3.8, 4) is 11.5 Å². The standard InChI is InChI=1S/C25H23N3O5S/c1-16-7-8-21-19(13-16)26(10-11-33-21)22(29)15-27-18-9-12-34-23(18)24(30)28(25(27)31)14-17-5-3-4-6-20(17)32-2/h3-9,12-13H,10-11,14-15H2,1-2H3. The van der Waals surface area contributed by atoms with Crippen molar-refractivity contribution in [2.75, 3.05) is 25.2 Å². The normalized spacial score (nSPS) is 12.9. The number of rotatable bonds is 5. The Balaban J connectivity index is 1.57. The number of thiophene rings is 1. The Hall–Kier alpha value is -3.85. The van der Waals surface area contributed by atoms with Gasteiger partial charge < -0.3 is 14.4 Å². The molecular formula is C25H23N3O5S. The predicted octanol–water partition coefficient (Wildman–Crippen LogP) is 3.02. The van der Waals surface area contributed by atoms with Crippen molar-refractivity contribution in [2.45, 2.75) is 20.0 Å². The number of hydrogen-bond acceptors (Lipinski definition) is 6. The lowest BCUT2D eigenvalue weighted by atomic mass is 10.1. The SMILES string of the molecule is COc1ccccc1Cn1c(=O)c2sccc2n(CC(=O)N2CCOc3ccc(C)cc32)c1=O. The summed E-state index contributed by atoms with van der Waals surface area (Å²) in [5.74, 6) is 0.981. The smallest absolute Gasteiger partial charge is 0.332 e. The number of anilines is 1. The van der Waals surface area contributed by atoms with Crippen LogP contribution in [0.4, 0.5) is 5.69 Å². The largest absolute Gasteiger partial charge is 0.496 e. The Kier molecular flexibility index (Phi) is 5.70. The summed E-state index contributed by atoms with van der Waals surface area (Å²) in [4.78, 5) is 41.7. The maximum Gasteiger partial charge on any atom is 0.332 e. The van der Waals surface area contributed by atoms with Gasteiger partial charge in [-0.25, -0.2) is 4.79 Å². The fourth-order valence-corrected chi connectivity index (χ4v) is 5.08. The topological polar surface area (TPSA) is 82.8 Å². The van der Waals surface area contributed by atoms with Crippen LogP contribution in [-0.4, -0.2) is 35.3 Å². The van der Waals surface area contributed by atoms with Gasteiger partial charge in [0.05, 0.1) is 31.4 Å². The van der Waals surface area contributed by atoms with Crippen molar-refractivity contribution in [1.29, 1.82) is 0 Å². The number of nitrogens with zero attached hydrogens (tertiary/aromatic N) is 3. The van der Waals surface area contributed by atoms with Crippen LogP contribution in [0.25, 0.3) is 10.2 Å². The number of amides is 1. The van der Waals surface area contributed by atoms with Gasteiger partial charge in [0, 0.05) is 5.56 Å². The maximum atomic E-state index is 13.5. The van der Waals surface area contributed by atoms with Gasteiger partial charge in [-0.2, -0.15) is 0 Å². The third-order valence-corrected chi connectivity index (χ3v) is 6.82. The molecule has 0 unspecified atom stereocenters. The van der Waals surface area contributed by atoms with Gasteiger partial charge in [-0.15, -0.1) is 11.3 Å². The third kappa shape index (κ3) is 3.77. The molecule has 1 aliphatic rings. The van der Waals surface area contributed by atoms with Crippen molar-refractivity contribution in [1.82, 2.24) is 9.13 Å². The molecule has 0 aliphatic carbocycles. The van der Waals surface area contributed by atoms with E-state index in [0.717, 1.165) is 5.56 Å². The van der Waals surface area contributed by atoms with Crippen LogP contribution in [0.15, 0.2) is 63.5 Å². The number of aryl methyl sites for hydroxylation is 1. The average Bonchev–Trinajstić information content (AvgIpc) is 3.34. The molecule has 0 bridgehead atoms. The summed E-state index contributed by atoms with van der Waals surface area (Å²) in [6.45, 7) is 2.56. The van der Waals surface area contributed by atoms with E-state index in [9.17, 15) is 14.4 Å². The minimum absolute atomic E-state index is 0.0449. The molecule has 0 N–H and O–H groups in total. The number of methoxy groups -OCH3 is 1. The van der Waals surface area contributed by atoms with Crippen LogP contribution < -0.4 is 25.6 Å². The zero-order valence-electron chi connectivity index (χ0n) is 18.8. The molecule has 0 spiro atoms. The zero-order chi connectivity index (χ0) is 23.8. The molecule has 0 saturated carbocycles. The van der Waals surface area contributed by atoms with Gasteiger partial charge in [0.2, 0.25) is 5.91 Å². The molecule has 5 rings (SSSR count). The molecule has 0 saturated heterocycles. The third-order valence-electron chi connectivity index (χ3n) is 5.93. The van der Waals surface area contributed by atoms with Gasteiger partial charge in [0.15, 0.2) is 0 Å². The minimum atomic E-state index is -0.534. The first-order chi connectivity index (χ1) is 16.5. The highest BCUT2D eigenvalue weighted by atomic mass is 32.1. The van der Waals surface area contributed by atoms with Crippen molar-refractivity contribution < 1.29 is 14.3 Å². The van der Waals surface area contributed by atoms with Crippen molar-refractivity contribution >= 4 is 33.1 Å². The monoisotopic (exact) mass is 477 g/mol. The Morgan fingerprint density at radius 3 is 2.76 bits per heavy atom. The molecule has 174 valence electrons. The zero-order valence-corrected chi connectivity index (χ0v) is 19.6. The van der Waals surface area contributed by atoms with E-state index in [2.05, 4.69) is 0 Å². The Morgan fingerprint density at radius 2 is 1.94 bits per heavy atom. The number of aromatic nitrogens is 2. The van der Waals surface area contributed by atoms with E-state index in [4.69, 9.17) is 9.47 Å². The molecule has 2 aromatic carbocycles. The van der Waals surface area contributed by atoms with Gasteiger partial charge in [-0.1, -0.05) is 24.3 Å². The van der Waals surface area contributed by atoms with E-state index < -0.39 is 5.69 Å². The fraction of sp³-hybridized carbons (Fsp3) is 0.240. The number of hydrogen-bond donors (Lipinski definition) is 0. The summed E-state index contributed by atoms with van der Waals surface area (Å²) in [6, 6.07) is 14.6. The lowest BCUT2D eigenvalue weighted by Gasteiger charge is -2.30. The summed E-state index contributed by atoms with van der Waals surface area (Å²) in [7, 11) is 1.54. The molecular weight excluding hydrogens is 454 g/mol. The Morgan fingerprint density at radius 1 is 1.12 bits per heavy atom. The van der Waals surface area contributed by atoms with E-state index in [-0.39, 0.29) is 24.6 Å². The fourth-order valence-electron chi connectivity index (χ4n) is 4.24. The Bertz CT molecular complexity index is 1520. The van der Waals surface area contributed by atoms with Crippen LogP contribution >= 0.6 is 11.3 Å². The highest BCUT2D eigenvalue weighted by Crippen LogP contribution is 2.32. The van der Waals surface area contributed by atoms with Crippen molar-refractivity contribution in [2.24, 2.45) is 0 Å². The second kappa shape index (κ2) is 8.83. The first-order valence-corrected chi connectivity index (χ1v) is 11.7. The van der Waals surface area contributed by atoms with E-state index >= 15 is 0 Å².